The smallest absolute Gasteiger partial charge is 0.123 e. The van der Waals surface area contributed by atoms with E-state index in [1.54, 1.807) is 7.11 Å². The lowest BCUT2D eigenvalue weighted by atomic mass is 10.2. The van der Waals surface area contributed by atoms with Crippen LogP contribution in [0.3, 0.4) is 0 Å². The summed E-state index contributed by atoms with van der Waals surface area (Å²) in [7, 11) is 1.71. The SMILES string of the molecule is COc1ccc(Br)cc1CNCCCCn1ccnc1. The van der Waals surface area contributed by atoms with Crippen molar-refractivity contribution in [2.24, 2.45) is 0 Å². The summed E-state index contributed by atoms with van der Waals surface area (Å²) in [6, 6.07) is 6.07. The van der Waals surface area contributed by atoms with Crippen molar-refractivity contribution >= 4 is 15.9 Å². The number of ether oxygens (including phenoxy) is 1. The third-order valence-corrected chi connectivity index (χ3v) is 3.63. The molecule has 0 amide bonds. The first-order chi connectivity index (χ1) is 9.79. The highest BCUT2D eigenvalue weighted by atomic mass is 79.9. The van der Waals surface area contributed by atoms with Crippen LogP contribution in [0.4, 0.5) is 0 Å². The van der Waals surface area contributed by atoms with Crippen LogP contribution < -0.4 is 10.1 Å². The lowest BCUT2D eigenvalue weighted by molar-refractivity contribution is 0.407. The van der Waals surface area contributed by atoms with Crippen LogP contribution in [-0.2, 0) is 13.1 Å². The molecule has 0 radical (unpaired) electrons. The van der Waals surface area contributed by atoms with E-state index < -0.39 is 0 Å². The fourth-order valence-electron chi connectivity index (χ4n) is 2.07. The predicted molar refractivity (Wildman–Crippen MR) is 83.9 cm³/mol. The maximum absolute atomic E-state index is 5.36. The van der Waals surface area contributed by atoms with Crippen molar-refractivity contribution in [1.29, 1.82) is 0 Å². The highest BCUT2D eigenvalue weighted by Crippen LogP contribution is 2.22. The predicted octanol–water partition coefficient (Wildman–Crippen LogP) is 3.22. The molecule has 0 aliphatic rings. The normalized spacial score (nSPS) is 10.7. The zero-order chi connectivity index (χ0) is 14.2. The number of aryl methyl sites for hydroxylation is 1. The van der Waals surface area contributed by atoms with E-state index in [1.807, 2.05) is 30.9 Å². The van der Waals surface area contributed by atoms with E-state index in [4.69, 9.17) is 4.74 Å². The number of rotatable bonds is 8. The molecule has 0 unspecified atom stereocenters. The Labute approximate surface area is 128 Å². The number of unbranched alkanes of at least 4 members (excludes halogenated alkanes) is 1. The van der Waals surface area contributed by atoms with Crippen LogP contribution in [0.1, 0.15) is 18.4 Å². The standard InChI is InChI=1S/C15H20BrN3O/c1-20-15-5-4-14(16)10-13(15)11-17-6-2-3-8-19-9-7-18-12-19/h4-5,7,9-10,12,17H,2-3,6,8,11H2,1H3. The summed E-state index contributed by atoms with van der Waals surface area (Å²) in [6.45, 7) is 2.86. The molecular formula is C15H20BrN3O. The number of benzene rings is 1. The van der Waals surface area contributed by atoms with Gasteiger partial charge in [0.1, 0.15) is 5.75 Å². The summed E-state index contributed by atoms with van der Waals surface area (Å²) >= 11 is 3.49. The van der Waals surface area contributed by atoms with Crippen molar-refractivity contribution in [2.75, 3.05) is 13.7 Å². The summed E-state index contributed by atoms with van der Waals surface area (Å²) in [5.41, 5.74) is 1.18. The number of hydrogen-bond acceptors (Lipinski definition) is 3. The van der Waals surface area contributed by atoms with Crippen LogP contribution in [0.25, 0.3) is 0 Å². The van der Waals surface area contributed by atoms with Gasteiger partial charge < -0.3 is 14.6 Å². The number of aromatic nitrogens is 2. The van der Waals surface area contributed by atoms with Gasteiger partial charge >= 0.3 is 0 Å². The number of imidazole rings is 1. The Bertz CT molecular complexity index is 514. The van der Waals surface area contributed by atoms with Crippen molar-refractivity contribution in [1.82, 2.24) is 14.9 Å². The zero-order valence-electron chi connectivity index (χ0n) is 11.7. The van der Waals surface area contributed by atoms with Crippen LogP contribution in [-0.4, -0.2) is 23.2 Å². The molecule has 2 rings (SSSR count). The molecule has 1 heterocycles. The van der Waals surface area contributed by atoms with Crippen molar-refractivity contribution in [3.8, 4) is 5.75 Å². The third kappa shape index (κ3) is 4.65. The lowest BCUT2D eigenvalue weighted by Crippen LogP contribution is -2.15. The van der Waals surface area contributed by atoms with Gasteiger partial charge in [0.15, 0.2) is 0 Å². The van der Waals surface area contributed by atoms with E-state index in [2.05, 4.69) is 36.9 Å². The zero-order valence-corrected chi connectivity index (χ0v) is 13.3. The van der Waals surface area contributed by atoms with E-state index in [9.17, 15) is 0 Å². The first-order valence-corrected chi connectivity index (χ1v) is 7.58. The van der Waals surface area contributed by atoms with Gasteiger partial charge in [-0.3, -0.25) is 0 Å². The molecule has 0 aliphatic heterocycles. The van der Waals surface area contributed by atoms with Crippen molar-refractivity contribution < 1.29 is 4.74 Å². The van der Waals surface area contributed by atoms with Crippen LogP contribution in [0, 0.1) is 0 Å². The van der Waals surface area contributed by atoms with Gasteiger partial charge in [-0.2, -0.15) is 0 Å². The fraction of sp³-hybridized carbons (Fsp3) is 0.400. The average molecular weight is 338 g/mol. The van der Waals surface area contributed by atoms with Gasteiger partial charge in [-0.25, -0.2) is 4.98 Å². The Kier molecular flexibility index (Phi) is 6.08. The van der Waals surface area contributed by atoms with Gasteiger partial charge in [0.25, 0.3) is 0 Å². The average Bonchev–Trinajstić information content (AvgIpc) is 2.96. The summed E-state index contributed by atoms with van der Waals surface area (Å²) in [4.78, 5) is 4.03. The third-order valence-electron chi connectivity index (χ3n) is 3.14. The maximum atomic E-state index is 5.36. The lowest BCUT2D eigenvalue weighted by Gasteiger charge is -2.10. The van der Waals surface area contributed by atoms with E-state index in [-0.39, 0.29) is 0 Å². The topological polar surface area (TPSA) is 39.1 Å². The van der Waals surface area contributed by atoms with Crippen LogP contribution in [0.15, 0.2) is 41.4 Å². The second kappa shape index (κ2) is 8.07. The second-order valence-electron chi connectivity index (χ2n) is 4.64. The monoisotopic (exact) mass is 337 g/mol. The highest BCUT2D eigenvalue weighted by molar-refractivity contribution is 9.10. The number of hydrogen-bond donors (Lipinski definition) is 1. The van der Waals surface area contributed by atoms with E-state index >= 15 is 0 Å². The molecule has 20 heavy (non-hydrogen) atoms. The molecule has 1 aromatic carbocycles. The Morgan fingerprint density at radius 2 is 2.25 bits per heavy atom. The van der Waals surface area contributed by atoms with Crippen LogP contribution in [0.2, 0.25) is 0 Å². The van der Waals surface area contributed by atoms with Gasteiger partial charge in [0, 0.05) is 35.5 Å². The number of nitrogens with zero attached hydrogens (tertiary/aromatic N) is 2. The molecule has 5 heteroatoms. The van der Waals surface area contributed by atoms with E-state index in [0.29, 0.717) is 0 Å². The molecular weight excluding hydrogens is 318 g/mol. The highest BCUT2D eigenvalue weighted by Gasteiger charge is 2.02. The summed E-state index contributed by atoms with van der Waals surface area (Å²) in [5.74, 6) is 0.930. The largest absolute Gasteiger partial charge is 0.496 e. The molecule has 0 aliphatic carbocycles. The van der Waals surface area contributed by atoms with Gasteiger partial charge in [-0.05, 0) is 37.6 Å². The van der Waals surface area contributed by atoms with Gasteiger partial charge in [0.2, 0.25) is 0 Å². The summed E-state index contributed by atoms with van der Waals surface area (Å²) in [5, 5.41) is 3.46. The van der Waals surface area contributed by atoms with Gasteiger partial charge in [-0.1, -0.05) is 15.9 Å². The second-order valence-corrected chi connectivity index (χ2v) is 5.56. The van der Waals surface area contributed by atoms with Gasteiger partial charge in [0.05, 0.1) is 13.4 Å². The Balaban J connectivity index is 1.67. The molecule has 0 fully saturated rings. The van der Waals surface area contributed by atoms with E-state index in [0.717, 1.165) is 42.7 Å². The van der Waals surface area contributed by atoms with E-state index in [1.165, 1.54) is 5.56 Å². The fourth-order valence-corrected chi connectivity index (χ4v) is 2.48. The minimum absolute atomic E-state index is 0.827. The number of methoxy groups -OCH3 is 1. The number of nitrogens with one attached hydrogen (secondary N) is 1. The Morgan fingerprint density at radius 3 is 3.00 bits per heavy atom. The molecule has 0 bridgehead atoms. The minimum atomic E-state index is 0.827. The van der Waals surface area contributed by atoms with Crippen LogP contribution >= 0.6 is 15.9 Å². The molecule has 2 aromatic rings. The molecule has 0 atom stereocenters. The maximum Gasteiger partial charge on any atom is 0.123 e. The number of halogens is 1. The molecule has 108 valence electrons. The first-order valence-electron chi connectivity index (χ1n) is 6.78. The summed E-state index contributed by atoms with van der Waals surface area (Å²) in [6.07, 6.45) is 7.98. The van der Waals surface area contributed by atoms with Crippen molar-refractivity contribution in [3.05, 3.63) is 47.0 Å². The molecule has 1 aromatic heterocycles. The molecule has 4 nitrogen and oxygen atoms in total. The quantitative estimate of drug-likeness (QED) is 0.751. The first kappa shape index (κ1) is 15.1. The Morgan fingerprint density at radius 1 is 1.35 bits per heavy atom. The summed E-state index contributed by atoms with van der Waals surface area (Å²) < 4.78 is 8.54. The van der Waals surface area contributed by atoms with Crippen molar-refractivity contribution in [3.63, 3.8) is 0 Å². The van der Waals surface area contributed by atoms with Gasteiger partial charge in [-0.15, -0.1) is 0 Å². The molecule has 0 saturated carbocycles. The molecule has 1 N–H and O–H groups in total. The molecule has 0 spiro atoms. The van der Waals surface area contributed by atoms with Crippen LogP contribution in [0.5, 0.6) is 5.75 Å². The minimum Gasteiger partial charge on any atom is -0.496 e. The Hall–Kier alpha value is -1.33. The van der Waals surface area contributed by atoms with Crippen molar-refractivity contribution in [2.45, 2.75) is 25.9 Å². The molecule has 0 saturated heterocycles.